The van der Waals surface area contributed by atoms with Gasteiger partial charge in [0.15, 0.2) is 12.3 Å². The first-order chi connectivity index (χ1) is 27.3. The van der Waals surface area contributed by atoms with Gasteiger partial charge in [0.25, 0.3) is 20.2 Å². The largest absolute Gasteiger partial charge is 1.00 e. The number of nitrogens with one attached hydrogen (secondary N) is 1. The summed E-state index contributed by atoms with van der Waals surface area (Å²) in [7, 11) is -8.63. The number of benzene rings is 5. The molecule has 0 bridgehead atoms. The Hall–Kier alpha value is -4.79. The van der Waals surface area contributed by atoms with Crippen LogP contribution in [0.25, 0.3) is 5.57 Å². The van der Waals surface area contributed by atoms with Crippen molar-refractivity contribution in [3.05, 3.63) is 173 Å². The molecule has 0 unspecified atom stereocenters. The van der Waals surface area contributed by atoms with Crippen molar-refractivity contribution >= 4 is 48.6 Å². The summed E-state index contributed by atoms with van der Waals surface area (Å²) >= 11 is 0. The quantitative estimate of drug-likeness (QED) is 0.0665. The average molecular weight is 828 g/mol. The van der Waals surface area contributed by atoms with E-state index >= 15 is 0 Å². The zero-order valence-corrected chi connectivity index (χ0v) is 36.7. The van der Waals surface area contributed by atoms with Crippen LogP contribution in [-0.4, -0.2) is 55.9 Å². The van der Waals surface area contributed by atoms with E-state index in [1.54, 1.807) is 12.1 Å². The Bertz CT molecular complexity index is 2550. The van der Waals surface area contributed by atoms with Crippen molar-refractivity contribution in [3.63, 3.8) is 0 Å². The van der Waals surface area contributed by atoms with Crippen LogP contribution < -0.4 is 44.5 Å². The normalized spacial score (nSPS) is 12.5. The van der Waals surface area contributed by atoms with Crippen molar-refractivity contribution in [2.45, 2.75) is 43.7 Å². The van der Waals surface area contributed by atoms with Crippen molar-refractivity contribution < 1.29 is 64.8 Å². The van der Waals surface area contributed by atoms with E-state index < -0.39 is 20.2 Å². The van der Waals surface area contributed by atoms with Gasteiger partial charge in [-0.05, 0) is 134 Å². The van der Waals surface area contributed by atoms with Crippen LogP contribution in [0, 0.1) is 0 Å². The van der Waals surface area contributed by atoms with Gasteiger partial charge in [-0.15, -0.1) is 0 Å². The predicted molar refractivity (Wildman–Crippen MR) is 227 cm³/mol. The summed E-state index contributed by atoms with van der Waals surface area (Å²) in [5, 5.41) is 3.46. The van der Waals surface area contributed by atoms with Crippen molar-refractivity contribution in [1.29, 1.82) is 0 Å². The molecule has 294 valence electrons. The number of nitrogens with zero attached hydrogens (tertiary/aromatic N) is 2. The fourth-order valence-corrected chi connectivity index (χ4v) is 7.79. The summed E-state index contributed by atoms with van der Waals surface area (Å²) in [6.07, 6.45) is 8.29. The summed E-state index contributed by atoms with van der Waals surface area (Å²) in [6, 6.07) is 37.1. The summed E-state index contributed by atoms with van der Waals surface area (Å²) in [5.74, 6) is 0.816. The van der Waals surface area contributed by atoms with Crippen molar-refractivity contribution in [1.82, 2.24) is 0 Å². The van der Waals surface area contributed by atoms with Gasteiger partial charge < -0.3 is 15.0 Å². The fraction of sp³-hybridized carbons (Fsp3) is 0.178. The third-order valence-corrected chi connectivity index (χ3v) is 11.3. The standard InChI is InChI=1S/C45H45N3O7S2.Na/c1-4-47(31-33-9-7-11-43(29-33)56(49,50)51)40-23-15-36(16-24-40)45(35-13-19-38(20-14-35)46-39-21-27-42(28-22-39)55-6-3)37-17-25-41(26-18-37)48(5-2)32-34-10-8-12-44(30-34)57(52,53)54;/h7-30H,4-6,31-32H2,1-3H3,(H2,49,50,51,52,53,54);/q;+1/p+1. The second kappa shape index (κ2) is 19.8. The summed E-state index contributed by atoms with van der Waals surface area (Å²) in [5.41, 5.74) is 9.34. The van der Waals surface area contributed by atoms with Crippen LogP contribution in [0.15, 0.2) is 161 Å². The second-order valence-corrected chi connectivity index (χ2v) is 16.2. The molecule has 0 aromatic heterocycles. The maximum Gasteiger partial charge on any atom is 1.00 e. The minimum absolute atomic E-state index is 0. The van der Waals surface area contributed by atoms with Crippen LogP contribution in [0.1, 0.15) is 43.0 Å². The third kappa shape index (κ3) is 11.4. The number of rotatable bonds is 15. The molecule has 1 aliphatic carbocycles. The molecule has 0 saturated heterocycles. The maximum absolute atomic E-state index is 11.8. The van der Waals surface area contributed by atoms with Crippen molar-refractivity contribution in [2.75, 3.05) is 29.9 Å². The van der Waals surface area contributed by atoms with Crippen LogP contribution in [0.4, 0.5) is 17.1 Å². The van der Waals surface area contributed by atoms with Crippen LogP contribution in [0.5, 0.6) is 5.75 Å². The molecule has 0 radical (unpaired) electrons. The number of ether oxygens (including phenoxy) is 1. The van der Waals surface area contributed by atoms with Gasteiger partial charge in [-0.1, -0.05) is 48.5 Å². The molecule has 0 aliphatic heterocycles. The second-order valence-electron chi connectivity index (χ2n) is 13.4. The van der Waals surface area contributed by atoms with E-state index in [1.807, 2.05) is 69.3 Å². The molecule has 0 heterocycles. The Labute approximate surface area is 363 Å². The molecule has 0 saturated carbocycles. The zero-order chi connectivity index (χ0) is 40.6. The van der Waals surface area contributed by atoms with Crippen molar-refractivity contribution in [2.24, 2.45) is 0 Å². The zero-order valence-electron chi connectivity index (χ0n) is 33.0. The van der Waals surface area contributed by atoms with E-state index in [4.69, 9.17) is 4.74 Å². The Morgan fingerprint density at radius 2 is 1.19 bits per heavy atom. The molecule has 1 aliphatic rings. The van der Waals surface area contributed by atoms with E-state index in [-0.39, 0.29) is 39.3 Å². The summed E-state index contributed by atoms with van der Waals surface area (Å²) < 4.78 is 73.9. The first-order valence-electron chi connectivity index (χ1n) is 18.7. The van der Waals surface area contributed by atoms with E-state index in [0.717, 1.165) is 61.9 Å². The molecule has 0 atom stereocenters. The monoisotopic (exact) mass is 827 g/mol. The molecular weight excluding hydrogens is 782 g/mol. The van der Waals surface area contributed by atoms with Crippen LogP contribution in [0.2, 0.25) is 0 Å². The first kappa shape index (κ1) is 44.3. The van der Waals surface area contributed by atoms with E-state index in [0.29, 0.717) is 32.8 Å². The van der Waals surface area contributed by atoms with Gasteiger partial charge in [-0.2, -0.15) is 16.8 Å². The SMILES string of the molecule is CCOc1ccc(Nc2ccc(C(=C3C=CC(=[N+](CC)Cc4cccc(S(=O)(=O)O)c4)C=C3)c3ccc(N(CC)Cc4cccc(S(=O)(=O)O)c4)cc3)cc2)cc1.[Na+]. The van der Waals surface area contributed by atoms with E-state index in [1.165, 1.54) is 24.3 Å². The average Bonchev–Trinajstić information content (AvgIpc) is 3.21. The van der Waals surface area contributed by atoms with E-state index in [9.17, 15) is 25.9 Å². The van der Waals surface area contributed by atoms with E-state index in [2.05, 4.69) is 75.5 Å². The van der Waals surface area contributed by atoms with Gasteiger partial charge in [0.2, 0.25) is 0 Å². The number of hydrogen-bond acceptors (Lipinski definition) is 7. The molecule has 58 heavy (non-hydrogen) atoms. The van der Waals surface area contributed by atoms with Gasteiger partial charge >= 0.3 is 29.6 Å². The molecule has 0 fully saturated rings. The minimum Gasteiger partial charge on any atom is -0.494 e. The van der Waals surface area contributed by atoms with Crippen LogP contribution in [-0.2, 0) is 33.3 Å². The molecule has 5 aromatic rings. The van der Waals surface area contributed by atoms with Crippen LogP contribution in [0.3, 0.4) is 0 Å². The Morgan fingerprint density at radius 3 is 1.71 bits per heavy atom. The van der Waals surface area contributed by atoms with Gasteiger partial charge in [-0.3, -0.25) is 9.11 Å². The van der Waals surface area contributed by atoms with Crippen molar-refractivity contribution in [3.8, 4) is 5.75 Å². The summed E-state index contributed by atoms with van der Waals surface area (Å²) in [4.78, 5) is 1.87. The number of allylic oxidation sites excluding steroid dienone is 5. The third-order valence-electron chi connectivity index (χ3n) is 9.57. The predicted octanol–water partition coefficient (Wildman–Crippen LogP) is 5.95. The molecule has 0 spiro atoms. The number of hydrogen-bond donors (Lipinski definition) is 3. The smallest absolute Gasteiger partial charge is 0.494 e. The molecule has 13 heteroatoms. The fourth-order valence-electron chi connectivity index (χ4n) is 6.69. The minimum atomic E-state index is -4.31. The molecular formula is C45H46N3NaO7S2+2. The first-order valence-corrected chi connectivity index (χ1v) is 21.5. The number of anilines is 3. The Balaban J connectivity index is 0.00000641. The molecule has 3 N–H and O–H groups in total. The van der Waals surface area contributed by atoms with Crippen LogP contribution >= 0.6 is 0 Å². The molecule has 10 nitrogen and oxygen atoms in total. The van der Waals surface area contributed by atoms with Gasteiger partial charge in [0, 0.05) is 47.9 Å². The van der Waals surface area contributed by atoms with Gasteiger partial charge in [0.05, 0.1) is 16.4 Å². The van der Waals surface area contributed by atoms with Gasteiger partial charge in [0.1, 0.15) is 12.3 Å². The summed E-state index contributed by atoms with van der Waals surface area (Å²) in [6.45, 7) is 8.88. The Kier molecular flexibility index (Phi) is 15.1. The molecule has 5 aromatic carbocycles. The van der Waals surface area contributed by atoms with Gasteiger partial charge in [-0.25, -0.2) is 4.58 Å². The molecule has 6 rings (SSSR count). The topological polar surface area (TPSA) is 136 Å². The Morgan fingerprint density at radius 1 is 0.672 bits per heavy atom. The maximum atomic E-state index is 11.8. The molecule has 0 amide bonds.